The maximum absolute atomic E-state index is 7.38. The van der Waals surface area contributed by atoms with Gasteiger partial charge in [0.15, 0.2) is 11.9 Å². The Hall–Kier alpha value is -1.56. The van der Waals surface area contributed by atoms with Gasteiger partial charge in [0.25, 0.3) is 0 Å². The molecule has 1 aromatic carbocycles. The van der Waals surface area contributed by atoms with Gasteiger partial charge < -0.3 is 11.1 Å². The van der Waals surface area contributed by atoms with Crippen LogP contribution in [0.1, 0.15) is 5.56 Å². The lowest BCUT2D eigenvalue weighted by Crippen LogP contribution is -2.43. The van der Waals surface area contributed by atoms with Gasteiger partial charge >= 0.3 is 0 Å². The van der Waals surface area contributed by atoms with Crippen molar-refractivity contribution >= 4 is 27.8 Å². The van der Waals surface area contributed by atoms with Crippen LogP contribution in [0.4, 0.5) is 0 Å². The van der Waals surface area contributed by atoms with Crippen LogP contribution < -0.4 is 16.4 Å². The number of rotatable bonds is 3. The first-order valence-electron chi connectivity index (χ1n) is 4.76. The molecule has 0 aliphatic rings. The number of nitrogens with one attached hydrogen (secondary N) is 4. The Morgan fingerprint density at radius 2 is 2.00 bits per heavy atom. The number of guanidine groups is 2. The first-order valence-corrected chi connectivity index (χ1v) is 5.56. The normalized spacial score (nSPS) is 9.56. The van der Waals surface area contributed by atoms with Crippen molar-refractivity contribution in [1.29, 1.82) is 10.8 Å². The summed E-state index contributed by atoms with van der Waals surface area (Å²) in [5.41, 5.74) is 6.26. The summed E-state index contributed by atoms with van der Waals surface area (Å²) in [6.45, 7) is 0.613. The van der Waals surface area contributed by atoms with Gasteiger partial charge in [0.05, 0.1) is 0 Å². The number of nitrogens with two attached hydrogens (primary N) is 1. The van der Waals surface area contributed by atoms with E-state index in [4.69, 9.17) is 16.6 Å². The van der Waals surface area contributed by atoms with Crippen LogP contribution in [0.15, 0.2) is 28.7 Å². The molecule has 0 heterocycles. The SMILES string of the molecule is N=C(N)NC(=N)NCCc1ccccc1Br. The Kier molecular flexibility index (Phi) is 4.78. The summed E-state index contributed by atoms with van der Waals surface area (Å²) in [5.74, 6) is -0.196. The van der Waals surface area contributed by atoms with Crippen molar-refractivity contribution in [2.75, 3.05) is 6.54 Å². The van der Waals surface area contributed by atoms with Gasteiger partial charge in [0.2, 0.25) is 0 Å². The van der Waals surface area contributed by atoms with Crippen LogP contribution in [-0.4, -0.2) is 18.5 Å². The van der Waals surface area contributed by atoms with Crippen molar-refractivity contribution in [3.8, 4) is 0 Å². The van der Waals surface area contributed by atoms with E-state index < -0.39 is 0 Å². The van der Waals surface area contributed by atoms with Crippen molar-refractivity contribution in [2.45, 2.75) is 6.42 Å². The Balaban J connectivity index is 2.33. The number of halogens is 1. The fourth-order valence-corrected chi connectivity index (χ4v) is 1.69. The molecule has 0 spiro atoms. The zero-order valence-electron chi connectivity index (χ0n) is 8.68. The summed E-state index contributed by atoms with van der Waals surface area (Å²) in [6, 6.07) is 7.93. The third-order valence-corrected chi connectivity index (χ3v) is 2.69. The molecule has 0 aliphatic carbocycles. The lowest BCUT2D eigenvalue weighted by Gasteiger charge is -2.09. The molecular weight excluding hydrogens is 270 g/mol. The van der Waals surface area contributed by atoms with Crippen molar-refractivity contribution < 1.29 is 0 Å². The molecule has 0 bridgehead atoms. The van der Waals surface area contributed by atoms with Gasteiger partial charge in [-0.2, -0.15) is 0 Å². The zero-order chi connectivity index (χ0) is 12.0. The summed E-state index contributed by atoms with van der Waals surface area (Å²) in [7, 11) is 0. The van der Waals surface area contributed by atoms with Crippen LogP contribution in [0.2, 0.25) is 0 Å². The first-order chi connectivity index (χ1) is 7.59. The molecular formula is C10H14BrN5. The fraction of sp³-hybridized carbons (Fsp3) is 0.200. The van der Waals surface area contributed by atoms with Crippen LogP contribution in [0.5, 0.6) is 0 Å². The lowest BCUT2D eigenvalue weighted by atomic mass is 10.1. The topological polar surface area (TPSA) is 97.8 Å². The van der Waals surface area contributed by atoms with E-state index in [2.05, 4.69) is 26.6 Å². The van der Waals surface area contributed by atoms with Gasteiger partial charge in [-0.25, -0.2) is 0 Å². The van der Waals surface area contributed by atoms with Crippen molar-refractivity contribution in [1.82, 2.24) is 10.6 Å². The minimum atomic E-state index is -0.238. The Bertz CT molecular complexity index is 391. The molecule has 0 unspecified atom stereocenters. The molecule has 16 heavy (non-hydrogen) atoms. The average molecular weight is 284 g/mol. The van der Waals surface area contributed by atoms with Gasteiger partial charge in [-0.15, -0.1) is 0 Å². The van der Waals surface area contributed by atoms with Crippen molar-refractivity contribution in [3.05, 3.63) is 34.3 Å². The molecule has 0 aromatic heterocycles. The Morgan fingerprint density at radius 3 is 2.62 bits per heavy atom. The highest BCUT2D eigenvalue weighted by Gasteiger charge is 1.99. The highest BCUT2D eigenvalue weighted by molar-refractivity contribution is 9.10. The van der Waals surface area contributed by atoms with Gasteiger partial charge in [-0.1, -0.05) is 34.1 Å². The maximum Gasteiger partial charge on any atom is 0.195 e. The summed E-state index contributed by atoms with van der Waals surface area (Å²) < 4.78 is 1.06. The number of hydrogen-bond acceptors (Lipinski definition) is 2. The molecule has 0 fully saturated rings. The van der Waals surface area contributed by atoms with Gasteiger partial charge in [0.1, 0.15) is 0 Å². The molecule has 6 heteroatoms. The lowest BCUT2D eigenvalue weighted by molar-refractivity contribution is 0.839. The highest BCUT2D eigenvalue weighted by Crippen LogP contribution is 2.15. The third-order valence-electron chi connectivity index (χ3n) is 1.91. The summed E-state index contributed by atoms with van der Waals surface area (Å²) in [4.78, 5) is 0. The van der Waals surface area contributed by atoms with Crippen LogP contribution in [0.3, 0.4) is 0 Å². The molecule has 0 saturated heterocycles. The first kappa shape index (κ1) is 12.5. The van der Waals surface area contributed by atoms with E-state index in [1.54, 1.807) is 0 Å². The van der Waals surface area contributed by atoms with E-state index in [0.717, 1.165) is 10.9 Å². The fourth-order valence-electron chi connectivity index (χ4n) is 1.20. The van der Waals surface area contributed by atoms with E-state index in [1.807, 2.05) is 24.3 Å². The Morgan fingerprint density at radius 1 is 1.31 bits per heavy atom. The van der Waals surface area contributed by atoms with E-state index in [1.165, 1.54) is 5.56 Å². The molecule has 86 valence electrons. The second kappa shape index (κ2) is 6.12. The summed E-state index contributed by atoms with van der Waals surface area (Å²) in [6.07, 6.45) is 0.795. The standard InChI is InChI=1S/C10H14BrN5/c11-8-4-2-1-3-7(8)5-6-15-10(14)16-9(12)13/h1-4H,5-6H2,(H6,12,13,14,15,16). The summed E-state index contributed by atoms with van der Waals surface area (Å²) >= 11 is 3.45. The maximum atomic E-state index is 7.38. The molecule has 0 saturated carbocycles. The van der Waals surface area contributed by atoms with E-state index >= 15 is 0 Å². The molecule has 1 aromatic rings. The second-order valence-electron chi connectivity index (χ2n) is 3.18. The van der Waals surface area contributed by atoms with E-state index in [9.17, 15) is 0 Å². The third kappa shape index (κ3) is 4.31. The minimum absolute atomic E-state index is 0.0413. The van der Waals surface area contributed by atoms with Gasteiger partial charge in [-0.05, 0) is 18.1 Å². The van der Waals surface area contributed by atoms with Crippen LogP contribution in [0.25, 0.3) is 0 Å². The average Bonchev–Trinajstić information content (AvgIpc) is 2.19. The van der Waals surface area contributed by atoms with E-state index in [0.29, 0.717) is 6.54 Å². The molecule has 0 radical (unpaired) electrons. The predicted molar refractivity (Wildman–Crippen MR) is 68.6 cm³/mol. The summed E-state index contributed by atoms with van der Waals surface area (Å²) in [5, 5.41) is 19.5. The molecule has 0 atom stereocenters. The highest BCUT2D eigenvalue weighted by atomic mass is 79.9. The van der Waals surface area contributed by atoms with Crippen LogP contribution in [-0.2, 0) is 6.42 Å². The van der Waals surface area contributed by atoms with Gasteiger partial charge in [0, 0.05) is 11.0 Å². The van der Waals surface area contributed by atoms with E-state index in [-0.39, 0.29) is 11.9 Å². The second-order valence-corrected chi connectivity index (χ2v) is 4.04. The Labute approximate surface area is 103 Å². The van der Waals surface area contributed by atoms with Crippen molar-refractivity contribution in [2.24, 2.45) is 5.73 Å². The van der Waals surface area contributed by atoms with Gasteiger partial charge in [-0.3, -0.25) is 16.1 Å². The largest absolute Gasteiger partial charge is 0.370 e. The quantitative estimate of drug-likeness (QED) is 0.423. The molecule has 5 nitrogen and oxygen atoms in total. The zero-order valence-corrected chi connectivity index (χ0v) is 10.3. The predicted octanol–water partition coefficient (Wildman–Crippen LogP) is 0.999. The molecule has 6 N–H and O–H groups in total. The monoisotopic (exact) mass is 283 g/mol. The number of hydrogen-bond donors (Lipinski definition) is 5. The smallest absolute Gasteiger partial charge is 0.195 e. The number of benzene rings is 1. The molecule has 1 rings (SSSR count). The van der Waals surface area contributed by atoms with Crippen molar-refractivity contribution in [3.63, 3.8) is 0 Å². The molecule has 0 amide bonds. The molecule has 0 aliphatic heterocycles. The van der Waals surface area contributed by atoms with Crippen LogP contribution >= 0.6 is 15.9 Å². The van der Waals surface area contributed by atoms with Crippen LogP contribution in [0, 0.1) is 10.8 Å². The minimum Gasteiger partial charge on any atom is -0.370 e.